The quantitative estimate of drug-likeness (QED) is 0.652. The lowest BCUT2D eigenvalue weighted by Gasteiger charge is -2.11. The Balaban J connectivity index is 4.02. The third-order valence-electron chi connectivity index (χ3n) is 1.94. The Morgan fingerprint density at radius 1 is 1.46 bits per heavy atom. The molecule has 0 rings (SSSR count). The summed E-state index contributed by atoms with van der Waals surface area (Å²) in [5.41, 5.74) is 0. The lowest BCUT2D eigenvalue weighted by Crippen LogP contribution is -2.29. The summed E-state index contributed by atoms with van der Waals surface area (Å²) in [5.74, 6) is -1.46. The number of unbranched alkanes of at least 4 members (excludes halogenated alkanes) is 1. The van der Waals surface area contributed by atoms with E-state index in [0.717, 1.165) is 12.8 Å². The molecule has 4 heteroatoms. The second kappa shape index (κ2) is 6.46. The highest BCUT2D eigenvalue weighted by atomic mass is 16.4. The Morgan fingerprint density at radius 2 is 2.08 bits per heavy atom. The fourth-order valence-corrected chi connectivity index (χ4v) is 1.19. The summed E-state index contributed by atoms with van der Waals surface area (Å²) in [5, 5.41) is 11.0. The highest BCUT2D eigenvalue weighted by Gasteiger charge is 2.19. The number of carboxylic acids is 1. The molecule has 0 bridgehead atoms. The van der Waals surface area contributed by atoms with Crippen LogP contribution in [-0.2, 0) is 9.59 Å². The van der Waals surface area contributed by atoms with Crippen molar-refractivity contribution >= 4 is 11.9 Å². The Morgan fingerprint density at radius 3 is 2.46 bits per heavy atom. The van der Waals surface area contributed by atoms with Crippen LogP contribution in [0.15, 0.2) is 0 Å². The maximum atomic E-state index is 11.2. The summed E-state index contributed by atoms with van der Waals surface area (Å²) < 4.78 is 0. The fraction of sp³-hybridized carbons (Fsp3) is 0.778. The van der Waals surface area contributed by atoms with Gasteiger partial charge in [0.15, 0.2) is 0 Å². The normalized spacial score (nSPS) is 12.2. The van der Waals surface area contributed by atoms with Crippen molar-refractivity contribution in [3.05, 3.63) is 0 Å². The van der Waals surface area contributed by atoms with E-state index in [2.05, 4.69) is 5.32 Å². The van der Waals surface area contributed by atoms with Crippen LogP contribution >= 0.6 is 0 Å². The van der Waals surface area contributed by atoms with Crippen molar-refractivity contribution in [2.45, 2.75) is 32.6 Å². The number of carbonyl (C=O) groups excluding carboxylic acids is 1. The number of hydrogen-bond donors (Lipinski definition) is 2. The molecule has 0 saturated carbocycles. The van der Waals surface area contributed by atoms with Crippen molar-refractivity contribution in [3.63, 3.8) is 0 Å². The summed E-state index contributed by atoms with van der Waals surface area (Å²) in [4.78, 5) is 21.6. The van der Waals surface area contributed by atoms with Crippen molar-refractivity contribution in [1.82, 2.24) is 5.32 Å². The van der Waals surface area contributed by atoms with E-state index in [0.29, 0.717) is 6.42 Å². The number of amides is 1. The van der Waals surface area contributed by atoms with Crippen LogP contribution in [0.2, 0.25) is 0 Å². The van der Waals surface area contributed by atoms with Gasteiger partial charge in [0.05, 0.1) is 6.42 Å². The molecular weight excluding hydrogens is 170 g/mol. The number of aliphatic carboxylic acids is 1. The maximum Gasteiger partial charge on any atom is 0.304 e. The third kappa shape index (κ3) is 5.22. The molecule has 0 aliphatic carbocycles. The van der Waals surface area contributed by atoms with Crippen LogP contribution in [0, 0.1) is 5.92 Å². The molecule has 2 N–H and O–H groups in total. The summed E-state index contributed by atoms with van der Waals surface area (Å²) in [6, 6.07) is 0. The number of carbonyl (C=O) groups is 2. The molecule has 1 amide bonds. The van der Waals surface area contributed by atoms with Gasteiger partial charge in [0.2, 0.25) is 5.91 Å². The van der Waals surface area contributed by atoms with Gasteiger partial charge in [-0.05, 0) is 6.42 Å². The maximum absolute atomic E-state index is 11.2. The summed E-state index contributed by atoms with van der Waals surface area (Å²) in [6.07, 6.45) is 2.46. The molecule has 1 unspecified atom stereocenters. The molecule has 0 fully saturated rings. The zero-order valence-corrected chi connectivity index (χ0v) is 8.17. The van der Waals surface area contributed by atoms with E-state index in [1.807, 2.05) is 6.92 Å². The minimum Gasteiger partial charge on any atom is -0.481 e. The Kier molecular flexibility index (Phi) is 5.93. The summed E-state index contributed by atoms with van der Waals surface area (Å²) >= 11 is 0. The zero-order chi connectivity index (χ0) is 10.3. The van der Waals surface area contributed by atoms with Gasteiger partial charge in [-0.2, -0.15) is 0 Å². The van der Waals surface area contributed by atoms with Crippen LogP contribution in [0.4, 0.5) is 0 Å². The van der Waals surface area contributed by atoms with Crippen LogP contribution in [0.3, 0.4) is 0 Å². The van der Waals surface area contributed by atoms with E-state index in [-0.39, 0.29) is 18.2 Å². The van der Waals surface area contributed by atoms with E-state index in [9.17, 15) is 9.59 Å². The van der Waals surface area contributed by atoms with Crippen molar-refractivity contribution in [2.75, 3.05) is 7.05 Å². The van der Waals surface area contributed by atoms with Crippen molar-refractivity contribution in [3.8, 4) is 0 Å². The highest BCUT2D eigenvalue weighted by molar-refractivity contribution is 5.82. The molecule has 0 aromatic carbocycles. The molecule has 76 valence electrons. The molecule has 0 aromatic rings. The molecular formula is C9H17NO3. The zero-order valence-electron chi connectivity index (χ0n) is 8.17. The second-order valence-electron chi connectivity index (χ2n) is 3.05. The van der Waals surface area contributed by atoms with Gasteiger partial charge in [-0.1, -0.05) is 19.8 Å². The van der Waals surface area contributed by atoms with Gasteiger partial charge >= 0.3 is 5.97 Å². The molecule has 0 spiro atoms. The first-order valence-corrected chi connectivity index (χ1v) is 4.55. The van der Waals surface area contributed by atoms with Gasteiger partial charge < -0.3 is 10.4 Å². The molecule has 1 atom stereocenters. The predicted molar refractivity (Wildman–Crippen MR) is 49.3 cm³/mol. The van der Waals surface area contributed by atoms with E-state index < -0.39 is 5.97 Å². The minimum absolute atomic E-state index is 0.0698. The van der Waals surface area contributed by atoms with Gasteiger partial charge in [-0.15, -0.1) is 0 Å². The Hall–Kier alpha value is -1.06. The lowest BCUT2D eigenvalue weighted by molar-refractivity contribution is -0.141. The molecule has 13 heavy (non-hydrogen) atoms. The summed E-state index contributed by atoms with van der Waals surface area (Å²) in [7, 11) is 1.53. The van der Waals surface area contributed by atoms with Crippen LogP contribution in [-0.4, -0.2) is 24.0 Å². The van der Waals surface area contributed by atoms with Crippen LogP contribution in [0.1, 0.15) is 32.6 Å². The third-order valence-corrected chi connectivity index (χ3v) is 1.94. The van der Waals surface area contributed by atoms with E-state index in [1.165, 1.54) is 7.05 Å². The fourth-order valence-electron chi connectivity index (χ4n) is 1.19. The van der Waals surface area contributed by atoms with Crippen LogP contribution in [0.5, 0.6) is 0 Å². The first-order valence-electron chi connectivity index (χ1n) is 4.55. The number of carboxylic acid groups (broad SMARTS) is 1. The first kappa shape index (κ1) is 11.9. The highest BCUT2D eigenvalue weighted by Crippen LogP contribution is 2.12. The van der Waals surface area contributed by atoms with Gasteiger partial charge in [-0.3, -0.25) is 9.59 Å². The van der Waals surface area contributed by atoms with Crippen LogP contribution in [0.25, 0.3) is 0 Å². The van der Waals surface area contributed by atoms with Crippen molar-refractivity contribution < 1.29 is 14.7 Å². The van der Waals surface area contributed by atoms with Gasteiger partial charge in [0.25, 0.3) is 0 Å². The first-order chi connectivity index (χ1) is 6.11. The van der Waals surface area contributed by atoms with Gasteiger partial charge in [-0.25, -0.2) is 0 Å². The van der Waals surface area contributed by atoms with Crippen LogP contribution < -0.4 is 5.32 Å². The number of hydrogen-bond acceptors (Lipinski definition) is 2. The topological polar surface area (TPSA) is 66.4 Å². The Labute approximate surface area is 78.3 Å². The SMILES string of the molecule is CCCCC(CC(=O)O)C(=O)NC. The van der Waals surface area contributed by atoms with Crippen molar-refractivity contribution in [2.24, 2.45) is 5.92 Å². The molecule has 4 nitrogen and oxygen atoms in total. The summed E-state index contributed by atoms with van der Waals surface area (Å²) in [6.45, 7) is 2.02. The van der Waals surface area contributed by atoms with Gasteiger partial charge in [0, 0.05) is 13.0 Å². The van der Waals surface area contributed by atoms with E-state index in [1.54, 1.807) is 0 Å². The smallest absolute Gasteiger partial charge is 0.304 e. The van der Waals surface area contributed by atoms with Crippen molar-refractivity contribution in [1.29, 1.82) is 0 Å². The molecule has 0 radical (unpaired) electrons. The molecule has 0 aliphatic heterocycles. The van der Waals surface area contributed by atoms with E-state index in [4.69, 9.17) is 5.11 Å². The average Bonchev–Trinajstić information content (AvgIpc) is 2.10. The molecule has 0 heterocycles. The van der Waals surface area contributed by atoms with Gasteiger partial charge in [0.1, 0.15) is 0 Å². The monoisotopic (exact) mass is 187 g/mol. The molecule has 0 saturated heterocycles. The Bertz CT molecular complexity index is 180. The standard InChI is InChI=1S/C9H17NO3/c1-3-4-5-7(6-8(11)12)9(13)10-2/h7H,3-6H2,1-2H3,(H,10,13)(H,11,12). The molecule has 0 aliphatic rings. The molecule has 0 aromatic heterocycles. The largest absolute Gasteiger partial charge is 0.481 e. The second-order valence-corrected chi connectivity index (χ2v) is 3.05. The average molecular weight is 187 g/mol. The minimum atomic E-state index is -0.912. The predicted octanol–water partition coefficient (Wildman–Crippen LogP) is 1.01. The lowest BCUT2D eigenvalue weighted by atomic mass is 9.98. The number of rotatable bonds is 6. The van der Waals surface area contributed by atoms with E-state index >= 15 is 0 Å². The number of nitrogens with one attached hydrogen (secondary N) is 1.